The SMILES string of the molecule is Cc1cc(C(C)NC2(C)CCC2)cc(Br)c1O. The summed E-state index contributed by atoms with van der Waals surface area (Å²) in [7, 11) is 0. The molecule has 1 unspecified atom stereocenters. The van der Waals surface area contributed by atoms with Gasteiger partial charge in [-0.1, -0.05) is 6.07 Å². The summed E-state index contributed by atoms with van der Waals surface area (Å²) in [4.78, 5) is 0. The van der Waals surface area contributed by atoms with Crippen LogP contribution >= 0.6 is 15.9 Å². The highest BCUT2D eigenvalue weighted by Crippen LogP contribution is 2.35. The van der Waals surface area contributed by atoms with Gasteiger partial charge in [0.05, 0.1) is 4.47 Å². The molecule has 1 aliphatic carbocycles. The van der Waals surface area contributed by atoms with Crippen molar-refractivity contribution in [2.45, 2.75) is 51.6 Å². The molecule has 94 valence electrons. The molecule has 1 aromatic rings. The van der Waals surface area contributed by atoms with Crippen LogP contribution in [0.2, 0.25) is 0 Å². The van der Waals surface area contributed by atoms with Gasteiger partial charge in [-0.25, -0.2) is 0 Å². The van der Waals surface area contributed by atoms with E-state index >= 15 is 0 Å². The van der Waals surface area contributed by atoms with E-state index in [1.807, 2.05) is 13.0 Å². The first-order valence-electron chi connectivity index (χ1n) is 6.18. The molecule has 1 aromatic carbocycles. The Morgan fingerprint density at radius 3 is 2.53 bits per heavy atom. The Hall–Kier alpha value is -0.540. The van der Waals surface area contributed by atoms with Gasteiger partial charge in [-0.05, 0) is 73.2 Å². The van der Waals surface area contributed by atoms with Gasteiger partial charge in [-0.15, -0.1) is 0 Å². The predicted molar refractivity (Wildman–Crippen MR) is 74.4 cm³/mol. The second-order valence-corrected chi connectivity index (χ2v) is 6.30. The molecule has 1 aliphatic rings. The summed E-state index contributed by atoms with van der Waals surface area (Å²) in [6.07, 6.45) is 3.85. The zero-order valence-electron chi connectivity index (χ0n) is 10.7. The molecule has 2 nitrogen and oxygen atoms in total. The van der Waals surface area contributed by atoms with Crippen LogP contribution < -0.4 is 5.32 Å². The van der Waals surface area contributed by atoms with Crippen molar-refractivity contribution >= 4 is 15.9 Å². The lowest BCUT2D eigenvalue weighted by atomic mass is 9.78. The molecule has 1 atom stereocenters. The van der Waals surface area contributed by atoms with Gasteiger partial charge in [0.15, 0.2) is 0 Å². The number of nitrogens with one attached hydrogen (secondary N) is 1. The molecule has 17 heavy (non-hydrogen) atoms. The van der Waals surface area contributed by atoms with E-state index in [9.17, 15) is 5.11 Å². The maximum atomic E-state index is 9.74. The van der Waals surface area contributed by atoms with Crippen LogP contribution in [0.5, 0.6) is 5.75 Å². The zero-order chi connectivity index (χ0) is 12.6. The predicted octanol–water partition coefficient (Wildman–Crippen LogP) is 4.06. The summed E-state index contributed by atoms with van der Waals surface area (Å²) >= 11 is 3.40. The van der Waals surface area contributed by atoms with Crippen LogP contribution in [0.15, 0.2) is 16.6 Å². The first-order chi connectivity index (χ1) is 7.91. The number of aromatic hydroxyl groups is 1. The van der Waals surface area contributed by atoms with Crippen molar-refractivity contribution in [3.8, 4) is 5.75 Å². The summed E-state index contributed by atoms with van der Waals surface area (Å²) in [5.41, 5.74) is 2.44. The van der Waals surface area contributed by atoms with Crippen LogP contribution in [0, 0.1) is 6.92 Å². The fourth-order valence-electron chi connectivity index (χ4n) is 2.47. The maximum absolute atomic E-state index is 9.74. The lowest BCUT2D eigenvalue weighted by Crippen LogP contribution is -2.49. The number of rotatable bonds is 3. The maximum Gasteiger partial charge on any atom is 0.132 e. The van der Waals surface area contributed by atoms with E-state index in [4.69, 9.17) is 0 Å². The van der Waals surface area contributed by atoms with Gasteiger partial charge >= 0.3 is 0 Å². The first-order valence-corrected chi connectivity index (χ1v) is 6.97. The van der Waals surface area contributed by atoms with E-state index in [0.29, 0.717) is 17.3 Å². The van der Waals surface area contributed by atoms with Crippen LogP contribution in [0.1, 0.15) is 50.3 Å². The molecule has 3 heteroatoms. The van der Waals surface area contributed by atoms with Crippen molar-refractivity contribution < 1.29 is 5.11 Å². The molecule has 0 spiro atoms. The van der Waals surface area contributed by atoms with E-state index < -0.39 is 0 Å². The second kappa shape index (κ2) is 4.62. The second-order valence-electron chi connectivity index (χ2n) is 5.45. The summed E-state index contributed by atoms with van der Waals surface area (Å²) in [5.74, 6) is 0.343. The molecule has 0 saturated heterocycles. The monoisotopic (exact) mass is 297 g/mol. The van der Waals surface area contributed by atoms with Crippen molar-refractivity contribution in [2.24, 2.45) is 0 Å². The molecule has 0 heterocycles. The number of phenols is 1. The average molecular weight is 298 g/mol. The Morgan fingerprint density at radius 1 is 1.41 bits per heavy atom. The van der Waals surface area contributed by atoms with Gasteiger partial charge < -0.3 is 10.4 Å². The lowest BCUT2D eigenvalue weighted by molar-refractivity contribution is 0.190. The molecule has 1 saturated carbocycles. The summed E-state index contributed by atoms with van der Waals surface area (Å²) < 4.78 is 0.778. The molecule has 0 bridgehead atoms. The summed E-state index contributed by atoms with van der Waals surface area (Å²) in [5, 5.41) is 13.4. The molecule has 0 aliphatic heterocycles. The van der Waals surface area contributed by atoms with E-state index in [-0.39, 0.29) is 0 Å². The molecule has 0 aromatic heterocycles. The van der Waals surface area contributed by atoms with Crippen molar-refractivity contribution in [1.82, 2.24) is 5.32 Å². The Balaban J connectivity index is 2.16. The van der Waals surface area contributed by atoms with Gasteiger partial charge in [-0.3, -0.25) is 0 Å². The zero-order valence-corrected chi connectivity index (χ0v) is 12.3. The largest absolute Gasteiger partial charge is 0.506 e. The van der Waals surface area contributed by atoms with E-state index in [1.54, 1.807) is 0 Å². The fourth-order valence-corrected chi connectivity index (χ4v) is 3.05. The Bertz CT molecular complexity index is 403. The number of hydrogen-bond donors (Lipinski definition) is 2. The number of phenolic OH excluding ortho intramolecular Hbond substituents is 1. The third-order valence-corrected chi connectivity index (χ3v) is 4.40. The van der Waals surface area contributed by atoms with Gasteiger partial charge in [0.1, 0.15) is 5.75 Å². The topological polar surface area (TPSA) is 32.3 Å². The van der Waals surface area contributed by atoms with Gasteiger partial charge in [0, 0.05) is 11.6 Å². The van der Waals surface area contributed by atoms with E-state index in [0.717, 1.165) is 10.0 Å². The molecule has 2 rings (SSSR count). The fraction of sp³-hybridized carbons (Fsp3) is 0.571. The van der Waals surface area contributed by atoms with Crippen molar-refractivity contribution in [1.29, 1.82) is 0 Å². The van der Waals surface area contributed by atoms with Crippen LogP contribution in [-0.2, 0) is 0 Å². The summed E-state index contributed by atoms with van der Waals surface area (Å²) in [6, 6.07) is 4.37. The molecule has 1 fully saturated rings. The van der Waals surface area contributed by atoms with Crippen molar-refractivity contribution in [3.05, 3.63) is 27.7 Å². The quantitative estimate of drug-likeness (QED) is 0.882. The minimum absolute atomic E-state index is 0.303. The number of halogens is 1. The van der Waals surface area contributed by atoms with Crippen LogP contribution in [0.3, 0.4) is 0 Å². The minimum atomic E-state index is 0.303. The van der Waals surface area contributed by atoms with Crippen LogP contribution in [0.4, 0.5) is 0 Å². The molecular formula is C14H20BrNO. The van der Waals surface area contributed by atoms with Crippen LogP contribution in [-0.4, -0.2) is 10.6 Å². The van der Waals surface area contributed by atoms with Crippen molar-refractivity contribution in [3.63, 3.8) is 0 Å². The molecule has 0 radical (unpaired) electrons. The first kappa shape index (κ1) is 12.9. The van der Waals surface area contributed by atoms with E-state index in [2.05, 4.69) is 41.2 Å². The Kier molecular flexibility index (Phi) is 3.50. The summed E-state index contributed by atoms with van der Waals surface area (Å²) in [6.45, 7) is 6.40. The highest BCUT2D eigenvalue weighted by molar-refractivity contribution is 9.10. The minimum Gasteiger partial charge on any atom is -0.506 e. The van der Waals surface area contributed by atoms with Crippen molar-refractivity contribution in [2.75, 3.05) is 0 Å². The smallest absolute Gasteiger partial charge is 0.132 e. The normalized spacial score (nSPS) is 19.8. The molecule has 0 amide bonds. The van der Waals surface area contributed by atoms with Gasteiger partial charge in [-0.2, -0.15) is 0 Å². The van der Waals surface area contributed by atoms with Crippen LogP contribution in [0.25, 0.3) is 0 Å². The highest BCUT2D eigenvalue weighted by Gasteiger charge is 2.32. The number of hydrogen-bond acceptors (Lipinski definition) is 2. The molecular weight excluding hydrogens is 278 g/mol. The lowest BCUT2D eigenvalue weighted by Gasteiger charge is -2.41. The Morgan fingerprint density at radius 2 is 2.06 bits per heavy atom. The number of aryl methyl sites for hydroxylation is 1. The third-order valence-electron chi connectivity index (χ3n) is 3.80. The third kappa shape index (κ3) is 2.66. The average Bonchev–Trinajstić information content (AvgIpc) is 2.22. The Labute approximate surface area is 112 Å². The molecule has 2 N–H and O–H groups in total. The number of benzene rings is 1. The van der Waals surface area contributed by atoms with Gasteiger partial charge in [0.25, 0.3) is 0 Å². The standard InChI is InChI=1S/C14H20BrNO/c1-9-7-11(8-12(15)13(9)17)10(2)16-14(3)5-4-6-14/h7-8,10,16-17H,4-6H2,1-3H3. The highest BCUT2D eigenvalue weighted by atomic mass is 79.9. The van der Waals surface area contributed by atoms with Gasteiger partial charge in [0.2, 0.25) is 0 Å². The van der Waals surface area contributed by atoms with E-state index in [1.165, 1.54) is 24.8 Å².